The third-order valence-electron chi connectivity index (χ3n) is 4.15. The van der Waals surface area contributed by atoms with Gasteiger partial charge < -0.3 is 15.8 Å². The van der Waals surface area contributed by atoms with Gasteiger partial charge in [-0.3, -0.25) is 4.79 Å². The molecule has 0 radical (unpaired) electrons. The molecule has 0 saturated carbocycles. The Kier molecular flexibility index (Phi) is 7.33. The van der Waals surface area contributed by atoms with Gasteiger partial charge in [0.25, 0.3) is 5.91 Å². The number of nitrogens with two attached hydrogens (primary N) is 1. The van der Waals surface area contributed by atoms with Gasteiger partial charge in [0.05, 0.1) is 0 Å². The van der Waals surface area contributed by atoms with Gasteiger partial charge in [-0.25, -0.2) is 0 Å². The maximum atomic E-state index is 11.9. The minimum Gasteiger partial charge on any atom is -0.483 e. The Labute approximate surface area is 143 Å². The van der Waals surface area contributed by atoms with E-state index in [0.717, 1.165) is 29.4 Å². The van der Waals surface area contributed by atoms with Crippen molar-refractivity contribution >= 4 is 29.1 Å². The van der Waals surface area contributed by atoms with E-state index in [-0.39, 0.29) is 30.5 Å². The maximum absolute atomic E-state index is 11.9. The number of halogens is 1. The summed E-state index contributed by atoms with van der Waals surface area (Å²) < 4.78 is 5.66. The van der Waals surface area contributed by atoms with Crippen LogP contribution in [0.1, 0.15) is 26.7 Å². The summed E-state index contributed by atoms with van der Waals surface area (Å²) >= 11 is 0. The first-order valence-electron chi connectivity index (χ1n) is 7.74. The maximum Gasteiger partial charge on any atom is 0.258 e. The fourth-order valence-electron chi connectivity index (χ4n) is 2.29. The van der Waals surface area contributed by atoms with E-state index in [2.05, 4.69) is 5.32 Å². The molecule has 0 fully saturated rings. The van der Waals surface area contributed by atoms with Gasteiger partial charge in [0, 0.05) is 17.5 Å². The molecule has 2 aromatic rings. The normalized spacial score (nSPS) is 10.9. The van der Waals surface area contributed by atoms with Gasteiger partial charge in [-0.15, -0.1) is 12.4 Å². The molecule has 3 N–H and O–H groups in total. The molecule has 23 heavy (non-hydrogen) atoms. The number of ether oxygens (including phenoxy) is 1. The molecule has 0 aliphatic carbocycles. The van der Waals surface area contributed by atoms with Crippen LogP contribution in [0.5, 0.6) is 5.75 Å². The average Bonchev–Trinajstić information content (AvgIpc) is 2.57. The molecule has 0 unspecified atom stereocenters. The van der Waals surface area contributed by atoms with Gasteiger partial charge in [0.2, 0.25) is 0 Å². The molecule has 2 rings (SSSR count). The minimum absolute atomic E-state index is 0. The van der Waals surface area contributed by atoms with Gasteiger partial charge in [-0.1, -0.05) is 50.2 Å². The van der Waals surface area contributed by atoms with E-state index in [1.165, 1.54) is 0 Å². The molecule has 0 spiro atoms. The Morgan fingerprint density at radius 1 is 1.13 bits per heavy atom. The number of carbonyl (C=O) groups is 1. The van der Waals surface area contributed by atoms with E-state index in [1.54, 1.807) is 0 Å². The lowest BCUT2D eigenvalue weighted by Gasteiger charge is -2.26. The second kappa shape index (κ2) is 8.75. The predicted octanol–water partition coefficient (Wildman–Crippen LogP) is 3.27. The number of fused-ring (bicyclic) bond motifs is 1. The van der Waals surface area contributed by atoms with Crippen LogP contribution in [-0.4, -0.2) is 24.6 Å². The molecule has 4 nitrogen and oxygen atoms in total. The average molecular weight is 337 g/mol. The molecule has 1 amide bonds. The predicted molar refractivity (Wildman–Crippen MR) is 97.2 cm³/mol. The van der Waals surface area contributed by atoms with Gasteiger partial charge >= 0.3 is 0 Å². The number of hydrogen-bond acceptors (Lipinski definition) is 3. The van der Waals surface area contributed by atoms with Crippen LogP contribution in [0, 0.1) is 0 Å². The summed E-state index contributed by atoms with van der Waals surface area (Å²) in [5.41, 5.74) is 5.83. The van der Waals surface area contributed by atoms with Crippen LogP contribution < -0.4 is 15.8 Å². The largest absolute Gasteiger partial charge is 0.483 e. The first-order valence-corrected chi connectivity index (χ1v) is 7.74. The van der Waals surface area contributed by atoms with Crippen molar-refractivity contribution in [2.75, 3.05) is 13.2 Å². The van der Waals surface area contributed by atoms with Gasteiger partial charge in [-0.2, -0.15) is 0 Å². The fourth-order valence-corrected chi connectivity index (χ4v) is 2.29. The van der Waals surface area contributed by atoms with Crippen molar-refractivity contribution in [3.63, 3.8) is 0 Å². The second-order valence-corrected chi connectivity index (χ2v) is 5.61. The summed E-state index contributed by atoms with van der Waals surface area (Å²) in [5.74, 6) is 0.572. The molecular weight excluding hydrogens is 312 g/mol. The van der Waals surface area contributed by atoms with Crippen LogP contribution in [-0.2, 0) is 4.79 Å². The van der Waals surface area contributed by atoms with Crippen LogP contribution in [0.4, 0.5) is 0 Å². The summed E-state index contributed by atoms with van der Waals surface area (Å²) in [7, 11) is 0. The number of nitrogens with one attached hydrogen (secondary N) is 1. The first-order chi connectivity index (χ1) is 10.6. The van der Waals surface area contributed by atoms with Gasteiger partial charge in [-0.05, 0) is 24.3 Å². The van der Waals surface area contributed by atoms with Crippen LogP contribution in [0.15, 0.2) is 42.5 Å². The van der Waals surface area contributed by atoms with Crippen LogP contribution in [0.3, 0.4) is 0 Å². The smallest absolute Gasteiger partial charge is 0.258 e. The molecular formula is C18H25ClN2O2. The van der Waals surface area contributed by atoms with Crippen LogP contribution in [0.2, 0.25) is 0 Å². The molecule has 0 bridgehead atoms. The van der Waals surface area contributed by atoms with E-state index in [9.17, 15) is 4.79 Å². The first kappa shape index (κ1) is 19.3. The summed E-state index contributed by atoms with van der Waals surface area (Å²) in [4.78, 5) is 11.9. The third-order valence-corrected chi connectivity index (χ3v) is 4.15. The third kappa shape index (κ3) is 5.12. The van der Waals surface area contributed by atoms with Crippen molar-refractivity contribution in [3.8, 4) is 5.75 Å². The fraction of sp³-hybridized carbons (Fsp3) is 0.389. The molecule has 0 heterocycles. The van der Waals surface area contributed by atoms with E-state index in [0.29, 0.717) is 6.54 Å². The number of rotatable bonds is 7. The molecule has 0 aliphatic heterocycles. The quantitative estimate of drug-likeness (QED) is 0.815. The topological polar surface area (TPSA) is 64.3 Å². The number of hydrogen-bond donors (Lipinski definition) is 2. The van der Waals surface area contributed by atoms with E-state index >= 15 is 0 Å². The molecule has 2 aromatic carbocycles. The van der Waals surface area contributed by atoms with Gasteiger partial charge in [0.15, 0.2) is 6.61 Å². The van der Waals surface area contributed by atoms with Crippen molar-refractivity contribution in [1.82, 2.24) is 5.32 Å². The Hall–Kier alpha value is -1.78. The Bertz CT molecular complexity index is 636. The van der Waals surface area contributed by atoms with E-state index in [1.807, 2.05) is 56.3 Å². The summed E-state index contributed by atoms with van der Waals surface area (Å²) in [6, 6.07) is 13.8. The summed E-state index contributed by atoms with van der Waals surface area (Å²) in [6.07, 6.45) is 1.65. The van der Waals surface area contributed by atoms with E-state index in [4.69, 9.17) is 10.5 Å². The van der Waals surface area contributed by atoms with Crippen molar-refractivity contribution in [2.45, 2.75) is 32.2 Å². The molecule has 0 aliphatic rings. The minimum atomic E-state index is -0.338. The molecule has 0 aromatic heterocycles. The summed E-state index contributed by atoms with van der Waals surface area (Å²) in [6.45, 7) is 4.53. The molecule has 0 saturated heterocycles. The number of benzene rings is 2. The highest BCUT2D eigenvalue weighted by molar-refractivity contribution is 5.88. The van der Waals surface area contributed by atoms with Gasteiger partial charge in [0.1, 0.15) is 5.75 Å². The highest BCUT2D eigenvalue weighted by Crippen LogP contribution is 2.24. The van der Waals surface area contributed by atoms with Crippen LogP contribution in [0.25, 0.3) is 10.8 Å². The van der Waals surface area contributed by atoms with Crippen molar-refractivity contribution in [3.05, 3.63) is 42.5 Å². The second-order valence-electron chi connectivity index (χ2n) is 5.61. The van der Waals surface area contributed by atoms with Crippen molar-refractivity contribution in [1.29, 1.82) is 0 Å². The molecule has 0 atom stereocenters. The molecule has 126 valence electrons. The zero-order chi connectivity index (χ0) is 16.0. The zero-order valence-corrected chi connectivity index (χ0v) is 14.5. The zero-order valence-electron chi connectivity index (χ0n) is 13.7. The Balaban J connectivity index is 0.00000264. The SMILES string of the molecule is CCC(N)(CC)CNC(=O)COc1cccc2ccccc12.Cl. The standard InChI is InChI=1S/C18H24N2O2.ClH/c1-3-18(19,4-2)13-20-17(21)12-22-16-11-7-9-14-8-5-6-10-15(14)16;/h5-11H,3-4,12-13,19H2,1-2H3,(H,20,21);1H. The lowest BCUT2D eigenvalue weighted by molar-refractivity contribution is -0.123. The van der Waals surface area contributed by atoms with Crippen molar-refractivity contribution < 1.29 is 9.53 Å². The monoisotopic (exact) mass is 336 g/mol. The Morgan fingerprint density at radius 2 is 1.78 bits per heavy atom. The highest BCUT2D eigenvalue weighted by Gasteiger charge is 2.20. The lowest BCUT2D eigenvalue weighted by Crippen LogP contribution is -2.50. The highest BCUT2D eigenvalue weighted by atomic mass is 35.5. The van der Waals surface area contributed by atoms with E-state index < -0.39 is 0 Å². The number of carbonyl (C=O) groups excluding carboxylic acids is 1. The summed E-state index contributed by atoms with van der Waals surface area (Å²) in [5, 5.41) is 4.96. The van der Waals surface area contributed by atoms with Crippen LogP contribution >= 0.6 is 12.4 Å². The number of amides is 1. The molecule has 5 heteroatoms. The Morgan fingerprint density at radius 3 is 2.48 bits per heavy atom. The van der Waals surface area contributed by atoms with Crippen molar-refractivity contribution in [2.24, 2.45) is 5.73 Å². The lowest BCUT2D eigenvalue weighted by atomic mass is 9.94.